The highest BCUT2D eigenvalue weighted by molar-refractivity contribution is 5.58. The lowest BCUT2D eigenvalue weighted by Crippen LogP contribution is -2.23. The van der Waals surface area contributed by atoms with Gasteiger partial charge in [0, 0.05) is 0 Å². The van der Waals surface area contributed by atoms with Crippen LogP contribution in [-0.2, 0) is 6.18 Å². The Labute approximate surface area is 114 Å². The van der Waals surface area contributed by atoms with Gasteiger partial charge < -0.3 is 10.1 Å². The normalized spacial score (nSPS) is 17.9. The van der Waals surface area contributed by atoms with Crippen LogP contribution in [0.4, 0.5) is 18.9 Å². The number of hydrogen-bond acceptors (Lipinski definition) is 2. The van der Waals surface area contributed by atoms with E-state index in [0.717, 1.165) is 17.8 Å². The van der Waals surface area contributed by atoms with Crippen molar-refractivity contribution in [2.24, 2.45) is 0 Å². The van der Waals surface area contributed by atoms with Crippen LogP contribution in [0.25, 0.3) is 0 Å². The number of hydrogen-bond donors (Lipinski definition) is 1. The largest absolute Gasteiger partial charge is 0.482 e. The van der Waals surface area contributed by atoms with Crippen molar-refractivity contribution < 1.29 is 17.9 Å². The molecule has 0 aromatic heterocycles. The van der Waals surface area contributed by atoms with Crippen molar-refractivity contribution in [3.05, 3.63) is 59.7 Å². The molecular formula is C15H12F3NO. The third kappa shape index (κ3) is 2.43. The summed E-state index contributed by atoms with van der Waals surface area (Å²) in [6.45, 7) is 0.443. The molecule has 2 aromatic carbocycles. The van der Waals surface area contributed by atoms with Gasteiger partial charge in [-0.05, 0) is 29.8 Å². The molecule has 0 saturated heterocycles. The lowest BCUT2D eigenvalue weighted by atomic mass is 10.0. The summed E-state index contributed by atoms with van der Waals surface area (Å²) in [5.74, 6) is 0.654. The van der Waals surface area contributed by atoms with Gasteiger partial charge in [-0.25, -0.2) is 0 Å². The van der Waals surface area contributed by atoms with Crippen molar-refractivity contribution >= 4 is 5.69 Å². The fourth-order valence-corrected chi connectivity index (χ4v) is 2.21. The summed E-state index contributed by atoms with van der Waals surface area (Å²) < 4.78 is 43.9. The number of nitrogens with one attached hydrogen (secondary N) is 1. The Morgan fingerprint density at radius 3 is 2.65 bits per heavy atom. The molecule has 5 heteroatoms. The van der Waals surface area contributed by atoms with Crippen LogP contribution in [0.5, 0.6) is 5.75 Å². The summed E-state index contributed by atoms with van der Waals surface area (Å²) in [7, 11) is 0. The first-order valence-electron chi connectivity index (χ1n) is 6.21. The quantitative estimate of drug-likeness (QED) is 0.842. The lowest BCUT2D eigenvalue weighted by molar-refractivity contribution is -0.137. The molecule has 104 valence electrons. The van der Waals surface area contributed by atoms with Crippen molar-refractivity contribution in [2.75, 3.05) is 11.9 Å². The minimum Gasteiger partial charge on any atom is -0.482 e. The molecule has 2 aromatic rings. The highest BCUT2D eigenvalue weighted by Crippen LogP contribution is 2.36. The van der Waals surface area contributed by atoms with Crippen molar-refractivity contribution in [3.8, 4) is 5.75 Å². The van der Waals surface area contributed by atoms with Crippen LogP contribution in [0, 0.1) is 0 Å². The van der Waals surface area contributed by atoms with Gasteiger partial charge in [-0.2, -0.15) is 13.2 Å². The molecule has 1 atom stereocenters. The summed E-state index contributed by atoms with van der Waals surface area (Å²) in [4.78, 5) is 0. The zero-order chi connectivity index (χ0) is 14.2. The summed E-state index contributed by atoms with van der Waals surface area (Å²) in [6, 6.07) is 12.6. The van der Waals surface area contributed by atoms with E-state index in [4.69, 9.17) is 4.74 Å². The minimum absolute atomic E-state index is 0.424. The Morgan fingerprint density at radius 2 is 1.85 bits per heavy atom. The van der Waals surface area contributed by atoms with Gasteiger partial charge in [0.25, 0.3) is 0 Å². The number of anilines is 1. The van der Waals surface area contributed by atoms with Crippen LogP contribution in [-0.4, -0.2) is 6.54 Å². The molecule has 1 aliphatic heterocycles. The Balaban J connectivity index is 1.88. The van der Waals surface area contributed by atoms with Gasteiger partial charge in [0.2, 0.25) is 0 Å². The molecule has 1 N–H and O–H groups in total. The maximum atomic E-state index is 12.7. The Kier molecular flexibility index (Phi) is 3.04. The van der Waals surface area contributed by atoms with Crippen molar-refractivity contribution in [1.29, 1.82) is 0 Å². The molecule has 0 fully saturated rings. The molecule has 1 heterocycles. The monoisotopic (exact) mass is 279 g/mol. The SMILES string of the molecule is FC(F)(F)c1cccc(C2CNc3ccccc3O2)c1. The predicted molar refractivity (Wildman–Crippen MR) is 69.7 cm³/mol. The molecular weight excluding hydrogens is 267 g/mol. The van der Waals surface area contributed by atoms with E-state index in [9.17, 15) is 13.2 Å². The topological polar surface area (TPSA) is 21.3 Å². The lowest BCUT2D eigenvalue weighted by Gasteiger charge is -2.28. The zero-order valence-corrected chi connectivity index (χ0v) is 10.4. The second kappa shape index (κ2) is 4.74. The third-order valence-electron chi connectivity index (χ3n) is 3.22. The average Bonchev–Trinajstić information content (AvgIpc) is 2.46. The third-order valence-corrected chi connectivity index (χ3v) is 3.22. The van der Waals surface area contributed by atoms with Gasteiger partial charge in [0.1, 0.15) is 11.9 Å². The van der Waals surface area contributed by atoms with Crippen molar-refractivity contribution in [2.45, 2.75) is 12.3 Å². The first-order chi connectivity index (χ1) is 9.54. The molecule has 0 aliphatic carbocycles. The summed E-state index contributed by atoms with van der Waals surface area (Å²) in [6.07, 6.45) is -4.76. The molecule has 3 rings (SSSR count). The highest BCUT2D eigenvalue weighted by atomic mass is 19.4. The van der Waals surface area contributed by atoms with Crippen molar-refractivity contribution in [3.63, 3.8) is 0 Å². The zero-order valence-electron chi connectivity index (χ0n) is 10.4. The van der Waals surface area contributed by atoms with Gasteiger partial charge in [-0.15, -0.1) is 0 Å². The smallest absolute Gasteiger partial charge is 0.416 e. The van der Waals surface area contributed by atoms with Crippen LogP contribution in [0.1, 0.15) is 17.2 Å². The van der Waals surface area contributed by atoms with E-state index in [2.05, 4.69) is 5.32 Å². The van der Waals surface area contributed by atoms with Crippen LogP contribution in [0.15, 0.2) is 48.5 Å². The van der Waals surface area contributed by atoms with E-state index in [1.54, 1.807) is 12.1 Å². The number of halogens is 3. The summed E-state index contributed by atoms with van der Waals surface area (Å²) in [5.41, 5.74) is 0.718. The number of fused-ring (bicyclic) bond motifs is 1. The number of rotatable bonds is 1. The molecule has 0 saturated carbocycles. The molecule has 0 radical (unpaired) electrons. The minimum atomic E-state index is -4.34. The molecule has 1 aliphatic rings. The van der Waals surface area contributed by atoms with Crippen LogP contribution in [0.2, 0.25) is 0 Å². The molecule has 20 heavy (non-hydrogen) atoms. The molecule has 0 spiro atoms. The Morgan fingerprint density at radius 1 is 1.05 bits per heavy atom. The van der Waals surface area contributed by atoms with E-state index >= 15 is 0 Å². The molecule has 2 nitrogen and oxygen atoms in total. The average molecular weight is 279 g/mol. The standard InChI is InChI=1S/C15H12F3NO/c16-15(17,18)11-5-3-4-10(8-11)14-9-19-12-6-1-2-7-13(12)20-14/h1-8,14,19H,9H2. The van der Waals surface area contributed by atoms with E-state index < -0.39 is 17.8 Å². The summed E-state index contributed by atoms with van der Waals surface area (Å²) in [5, 5.41) is 3.16. The van der Waals surface area contributed by atoms with E-state index in [1.165, 1.54) is 6.07 Å². The number of alkyl halides is 3. The predicted octanol–water partition coefficient (Wildman–Crippen LogP) is 4.25. The van der Waals surface area contributed by atoms with Gasteiger partial charge in [0.15, 0.2) is 0 Å². The fourth-order valence-electron chi connectivity index (χ4n) is 2.21. The van der Waals surface area contributed by atoms with Crippen LogP contribution >= 0.6 is 0 Å². The maximum absolute atomic E-state index is 12.7. The van der Waals surface area contributed by atoms with Gasteiger partial charge in [-0.1, -0.05) is 24.3 Å². The molecule has 0 amide bonds. The van der Waals surface area contributed by atoms with Crippen molar-refractivity contribution in [1.82, 2.24) is 0 Å². The van der Waals surface area contributed by atoms with E-state index in [-0.39, 0.29) is 0 Å². The maximum Gasteiger partial charge on any atom is 0.416 e. The van der Waals surface area contributed by atoms with Crippen LogP contribution in [0.3, 0.4) is 0 Å². The van der Waals surface area contributed by atoms with Gasteiger partial charge in [-0.3, -0.25) is 0 Å². The Hall–Kier alpha value is -2.17. The van der Waals surface area contributed by atoms with Gasteiger partial charge in [0.05, 0.1) is 17.8 Å². The second-order valence-corrected chi connectivity index (χ2v) is 4.61. The first kappa shape index (κ1) is 12.8. The van der Waals surface area contributed by atoms with Crippen LogP contribution < -0.4 is 10.1 Å². The number of para-hydroxylation sites is 2. The second-order valence-electron chi connectivity index (χ2n) is 4.61. The number of benzene rings is 2. The van der Waals surface area contributed by atoms with E-state index in [1.807, 2.05) is 18.2 Å². The first-order valence-corrected chi connectivity index (χ1v) is 6.21. The fraction of sp³-hybridized carbons (Fsp3) is 0.200. The molecule has 1 unspecified atom stereocenters. The molecule has 0 bridgehead atoms. The Bertz CT molecular complexity index is 625. The van der Waals surface area contributed by atoms with Gasteiger partial charge >= 0.3 is 6.18 Å². The van der Waals surface area contributed by atoms with E-state index in [0.29, 0.717) is 17.9 Å². The summed E-state index contributed by atoms with van der Waals surface area (Å²) >= 11 is 0. The number of ether oxygens (including phenoxy) is 1. The highest BCUT2D eigenvalue weighted by Gasteiger charge is 2.31.